The summed E-state index contributed by atoms with van der Waals surface area (Å²) in [6.07, 6.45) is 4.43. The second kappa shape index (κ2) is 13.3. The van der Waals surface area contributed by atoms with Crippen LogP contribution >= 0.6 is 11.6 Å². The first-order valence-electron chi connectivity index (χ1n) is 13.8. The lowest BCUT2D eigenvalue weighted by atomic mass is 10.1. The first kappa shape index (κ1) is 30.2. The average molecular weight is 614 g/mol. The van der Waals surface area contributed by atoms with Crippen molar-refractivity contribution in [1.29, 1.82) is 0 Å². The van der Waals surface area contributed by atoms with Gasteiger partial charge < -0.3 is 25.1 Å². The number of aromatic amines is 1. The van der Waals surface area contributed by atoms with Crippen LogP contribution in [0.3, 0.4) is 0 Å². The van der Waals surface area contributed by atoms with Gasteiger partial charge in [-0.25, -0.2) is 18.6 Å². The van der Waals surface area contributed by atoms with E-state index in [1.165, 1.54) is 6.92 Å². The van der Waals surface area contributed by atoms with Crippen LogP contribution in [0.4, 0.5) is 25.0 Å². The highest BCUT2D eigenvalue weighted by atomic mass is 35.5. The van der Waals surface area contributed by atoms with Gasteiger partial charge in [0, 0.05) is 30.2 Å². The minimum atomic E-state index is -0.979. The summed E-state index contributed by atoms with van der Waals surface area (Å²) in [5, 5.41) is 8.27. The quantitative estimate of drug-likeness (QED) is 0.259. The molecule has 43 heavy (non-hydrogen) atoms. The minimum Gasteiger partial charge on any atom is -0.449 e. The van der Waals surface area contributed by atoms with Crippen molar-refractivity contribution in [1.82, 2.24) is 15.3 Å². The number of nitrogens with zero attached hydrogens (tertiary/aromatic N) is 1. The molecule has 0 aliphatic carbocycles. The van der Waals surface area contributed by atoms with Gasteiger partial charge in [0.25, 0.3) is 5.91 Å². The number of hydrogen-bond acceptors (Lipinski definition) is 6. The second-order valence-electron chi connectivity index (χ2n) is 10.4. The molecule has 1 fully saturated rings. The monoisotopic (exact) mass is 613 g/mol. The van der Waals surface area contributed by atoms with Gasteiger partial charge in [-0.2, -0.15) is 0 Å². The van der Waals surface area contributed by atoms with E-state index in [1.54, 1.807) is 30.4 Å². The number of hydrogen-bond donors (Lipinski definition) is 4. The van der Waals surface area contributed by atoms with Crippen LogP contribution in [0, 0.1) is 24.5 Å². The molecular weight excluding hydrogens is 584 g/mol. The van der Waals surface area contributed by atoms with Crippen molar-refractivity contribution in [2.45, 2.75) is 38.6 Å². The van der Waals surface area contributed by atoms with Crippen molar-refractivity contribution < 1.29 is 32.6 Å². The maximum absolute atomic E-state index is 14.5. The SMILES string of the molecule is Cc1cc(F)c(C(=O)NC2C/C=C/CCC(=O)Nc3cc(NC(=O)OCC4CCOC4)ccc3-c3nc2[nH]c3Cl)c(F)c1. The number of rotatable bonds is 5. The minimum absolute atomic E-state index is 0.109. The molecule has 0 radical (unpaired) electrons. The fourth-order valence-corrected chi connectivity index (χ4v) is 5.11. The van der Waals surface area contributed by atoms with Gasteiger partial charge in [-0.15, -0.1) is 0 Å². The Bertz CT molecular complexity index is 1550. The molecule has 0 spiro atoms. The first-order chi connectivity index (χ1) is 20.7. The summed E-state index contributed by atoms with van der Waals surface area (Å²) in [5.74, 6) is -2.80. The van der Waals surface area contributed by atoms with E-state index < -0.39 is 35.2 Å². The van der Waals surface area contributed by atoms with E-state index in [0.29, 0.717) is 42.1 Å². The van der Waals surface area contributed by atoms with Crippen LogP contribution in [-0.4, -0.2) is 47.7 Å². The van der Waals surface area contributed by atoms with Crippen molar-refractivity contribution in [2.75, 3.05) is 30.5 Å². The Morgan fingerprint density at radius 1 is 1.19 bits per heavy atom. The number of aromatic nitrogens is 2. The number of nitrogens with one attached hydrogen (secondary N) is 4. The fourth-order valence-electron chi connectivity index (χ4n) is 4.87. The Balaban J connectivity index is 1.42. The van der Waals surface area contributed by atoms with Crippen molar-refractivity contribution in [3.8, 4) is 11.3 Å². The van der Waals surface area contributed by atoms with E-state index in [9.17, 15) is 23.2 Å². The van der Waals surface area contributed by atoms with E-state index in [4.69, 9.17) is 21.1 Å². The number of benzene rings is 2. The average Bonchev–Trinajstić information content (AvgIpc) is 3.60. The van der Waals surface area contributed by atoms with Gasteiger partial charge >= 0.3 is 6.09 Å². The Morgan fingerprint density at radius 2 is 1.98 bits per heavy atom. The summed E-state index contributed by atoms with van der Waals surface area (Å²) in [7, 11) is 0. The third-order valence-corrected chi connectivity index (χ3v) is 7.35. The highest BCUT2D eigenvalue weighted by molar-refractivity contribution is 6.32. The molecule has 4 N–H and O–H groups in total. The molecule has 2 unspecified atom stereocenters. The van der Waals surface area contributed by atoms with E-state index >= 15 is 0 Å². The lowest BCUT2D eigenvalue weighted by Gasteiger charge is -2.16. The first-order valence-corrected chi connectivity index (χ1v) is 14.2. The molecule has 226 valence electrons. The molecular formula is C30H30ClF2N5O5. The van der Waals surface area contributed by atoms with Gasteiger partial charge in [0.05, 0.1) is 24.9 Å². The standard InChI is InChI=1S/C30H30ClF2N5O5/c1-16-11-20(32)25(21(33)12-16)29(40)36-22-5-3-2-4-6-24(39)35-23-13-18(34-30(41)43-15-17-9-10-42-14-17)7-8-19(23)26-27(31)38-28(22)37-26/h2-3,7-8,11-13,17,22H,4-6,9-10,14-15H2,1H3,(H,34,41)(H,35,39)(H,36,40)(H,37,38)/b3-2+. The number of anilines is 2. The zero-order chi connectivity index (χ0) is 30.5. The van der Waals surface area contributed by atoms with Gasteiger partial charge in [0.1, 0.15) is 33.9 Å². The second-order valence-corrected chi connectivity index (χ2v) is 10.8. The number of amides is 3. The molecule has 10 nitrogen and oxygen atoms in total. The van der Waals surface area contributed by atoms with E-state index in [2.05, 4.69) is 25.9 Å². The molecule has 5 rings (SSSR count). The van der Waals surface area contributed by atoms with Crippen molar-refractivity contribution in [3.05, 3.63) is 76.2 Å². The number of fused-ring (bicyclic) bond motifs is 4. The number of allylic oxidation sites excluding steroid dienone is 1. The largest absolute Gasteiger partial charge is 0.449 e. The van der Waals surface area contributed by atoms with Gasteiger partial charge in [0.15, 0.2) is 0 Å². The Labute approximate surface area is 251 Å². The number of H-pyrrole nitrogens is 1. The molecule has 3 aromatic rings. The Morgan fingerprint density at radius 3 is 2.72 bits per heavy atom. The van der Waals surface area contributed by atoms with Crippen molar-refractivity contribution in [2.24, 2.45) is 5.92 Å². The summed E-state index contributed by atoms with van der Waals surface area (Å²) in [6.45, 7) is 2.94. The smallest absolute Gasteiger partial charge is 0.411 e. The maximum Gasteiger partial charge on any atom is 0.411 e. The molecule has 1 saturated heterocycles. The van der Waals surface area contributed by atoms with Gasteiger partial charge in [-0.1, -0.05) is 23.8 Å². The van der Waals surface area contributed by atoms with Crippen LogP contribution in [0.1, 0.15) is 53.5 Å². The topological polar surface area (TPSA) is 134 Å². The van der Waals surface area contributed by atoms with Crippen molar-refractivity contribution in [3.63, 3.8) is 0 Å². The summed E-state index contributed by atoms with van der Waals surface area (Å²) < 4.78 is 39.7. The molecule has 2 aromatic carbocycles. The summed E-state index contributed by atoms with van der Waals surface area (Å²) in [4.78, 5) is 45.7. The van der Waals surface area contributed by atoms with E-state index in [-0.39, 0.29) is 47.9 Å². The molecule has 2 aliphatic rings. The molecule has 1 aromatic heterocycles. The Hall–Kier alpha value is -4.29. The molecule has 3 heterocycles. The van der Waals surface area contributed by atoms with Gasteiger partial charge in [0.2, 0.25) is 5.91 Å². The number of imidazole rings is 1. The molecule has 3 amide bonds. The number of halogens is 3. The number of ether oxygens (including phenoxy) is 2. The number of carbonyl (C=O) groups is 3. The van der Waals surface area contributed by atoms with E-state index in [0.717, 1.165) is 18.6 Å². The van der Waals surface area contributed by atoms with Crippen LogP contribution in [0.25, 0.3) is 11.3 Å². The fraction of sp³-hybridized carbons (Fsp3) is 0.333. The zero-order valence-electron chi connectivity index (χ0n) is 23.3. The van der Waals surface area contributed by atoms with E-state index in [1.807, 2.05) is 0 Å². The zero-order valence-corrected chi connectivity index (χ0v) is 24.0. The lowest BCUT2D eigenvalue weighted by molar-refractivity contribution is -0.116. The summed E-state index contributed by atoms with van der Waals surface area (Å²) >= 11 is 6.55. The van der Waals surface area contributed by atoms with Gasteiger partial charge in [-0.05, 0) is 62.1 Å². The summed E-state index contributed by atoms with van der Waals surface area (Å²) in [5.41, 5.74) is 1.05. The van der Waals surface area contributed by atoms with Gasteiger partial charge in [-0.3, -0.25) is 14.9 Å². The van der Waals surface area contributed by atoms with Crippen LogP contribution < -0.4 is 16.0 Å². The predicted molar refractivity (Wildman–Crippen MR) is 156 cm³/mol. The third kappa shape index (κ3) is 7.38. The summed E-state index contributed by atoms with van der Waals surface area (Å²) in [6, 6.07) is 6.14. The number of aryl methyl sites for hydroxylation is 1. The van der Waals surface area contributed by atoms with Crippen LogP contribution in [0.5, 0.6) is 0 Å². The predicted octanol–water partition coefficient (Wildman–Crippen LogP) is 6.05. The Kier molecular flexibility index (Phi) is 9.37. The number of carbonyl (C=O) groups excluding carboxylic acids is 3. The lowest BCUT2D eigenvalue weighted by Crippen LogP contribution is -2.30. The highest BCUT2D eigenvalue weighted by Crippen LogP contribution is 2.36. The van der Waals surface area contributed by atoms with Crippen LogP contribution in [-0.2, 0) is 14.3 Å². The third-order valence-electron chi connectivity index (χ3n) is 7.07. The van der Waals surface area contributed by atoms with Crippen LogP contribution in [0.15, 0.2) is 42.5 Å². The molecule has 2 bridgehead atoms. The maximum atomic E-state index is 14.5. The molecule has 0 saturated carbocycles. The normalized spacial score (nSPS) is 19.2. The molecule has 13 heteroatoms. The van der Waals surface area contributed by atoms with Crippen LogP contribution in [0.2, 0.25) is 5.15 Å². The highest BCUT2D eigenvalue weighted by Gasteiger charge is 2.26. The molecule has 2 aliphatic heterocycles. The van der Waals surface area contributed by atoms with Crippen molar-refractivity contribution >= 4 is 40.9 Å². The molecule has 2 atom stereocenters.